The van der Waals surface area contributed by atoms with Gasteiger partial charge in [0, 0.05) is 11.3 Å². The first-order valence-corrected chi connectivity index (χ1v) is 7.39. The molecule has 0 fully saturated rings. The van der Waals surface area contributed by atoms with Crippen LogP contribution >= 0.6 is 11.3 Å². The third-order valence-electron chi connectivity index (χ3n) is 2.54. The van der Waals surface area contributed by atoms with Crippen molar-refractivity contribution in [3.8, 4) is 0 Å². The molecule has 6 heteroatoms. The average molecular weight is 298 g/mol. The smallest absolute Gasteiger partial charge is 0.408 e. The standard InChI is InChI=1S/C14H22N2O3S/c1-9(2)11-15-10(7-20-11)14(6,8-17)16-12(18)19-13(3,4)5/h7-9H,1-6H3,(H,16,18). The van der Waals surface area contributed by atoms with Crippen molar-refractivity contribution < 1.29 is 14.3 Å². The van der Waals surface area contributed by atoms with Crippen LogP contribution < -0.4 is 5.32 Å². The molecule has 112 valence electrons. The minimum absolute atomic E-state index is 0.283. The lowest BCUT2D eigenvalue weighted by molar-refractivity contribution is -0.113. The number of aldehydes is 1. The van der Waals surface area contributed by atoms with Crippen LogP contribution in [0, 0.1) is 0 Å². The fourth-order valence-electron chi connectivity index (χ4n) is 1.46. The third kappa shape index (κ3) is 4.30. The van der Waals surface area contributed by atoms with E-state index in [9.17, 15) is 9.59 Å². The molecule has 1 atom stereocenters. The van der Waals surface area contributed by atoms with Crippen LogP contribution in [0.5, 0.6) is 0 Å². The molecule has 1 aromatic heterocycles. The molecule has 0 bridgehead atoms. The Morgan fingerprint density at radius 3 is 2.40 bits per heavy atom. The van der Waals surface area contributed by atoms with E-state index in [2.05, 4.69) is 10.3 Å². The van der Waals surface area contributed by atoms with Gasteiger partial charge < -0.3 is 14.8 Å². The van der Waals surface area contributed by atoms with Gasteiger partial charge >= 0.3 is 6.09 Å². The Labute approximate surface area is 123 Å². The van der Waals surface area contributed by atoms with Gasteiger partial charge in [0.25, 0.3) is 0 Å². The molecule has 0 radical (unpaired) electrons. The van der Waals surface area contributed by atoms with Gasteiger partial charge in [0.2, 0.25) is 0 Å². The van der Waals surface area contributed by atoms with E-state index in [0.717, 1.165) is 5.01 Å². The van der Waals surface area contributed by atoms with Crippen molar-refractivity contribution in [1.82, 2.24) is 10.3 Å². The molecule has 1 rings (SSSR count). The minimum atomic E-state index is -1.17. The molecule has 5 nitrogen and oxygen atoms in total. The zero-order valence-corrected chi connectivity index (χ0v) is 13.6. The fourth-order valence-corrected chi connectivity index (χ4v) is 2.41. The first kappa shape index (κ1) is 16.6. The Hall–Kier alpha value is -1.43. The minimum Gasteiger partial charge on any atom is -0.444 e. The second kappa shape index (κ2) is 5.91. The van der Waals surface area contributed by atoms with E-state index in [-0.39, 0.29) is 5.92 Å². The molecule has 1 aromatic rings. The number of carbonyl (C=O) groups is 2. The van der Waals surface area contributed by atoms with E-state index >= 15 is 0 Å². The van der Waals surface area contributed by atoms with E-state index in [4.69, 9.17) is 4.74 Å². The van der Waals surface area contributed by atoms with Gasteiger partial charge in [0.1, 0.15) is 11.1 Å². The van der Waals surface area contributed by atoms with Crippen LogP contribution in [0.15, 0.2) is 5.38 Å². The SMILES string of the molecule is CC(C)c1nc(C(C)(C=O)NC(=O)OC(C)(C)C)cs1. The van der Waals surface area contributed by atoms with E-state index in [1.54, 1.807) is 33.1 Å². The number of ether oxygens (including phenoxy) is 1. The molecule has 20 heavy (non-hydrogen) atoms. The molecule has 0 aromatic carbocycles. The highest BCUT2D eigenvalue weighted by molar-refractivity contribution is 7.09. The number of nitrogens with one attached hydrogen (secondary N) is 1. The van der Waals surface area contributed by atoms with Crippen molar-refractivity contribution in [3.05, 3.63) is 16.1 Å². The van der Waals surface area contributed by atoms with Crippen LogP contribution in [0.25, 0.3) is 0 Å². The van der Waals surface area contributed by atoms with Crippen LogP contribution in [0.4, 0.5) is 4.79 Å². The van der Waals surface area contributed by atoms with Gasteiger partial charge in [0.05, 0.1) is 10.7 Å². The van der Waals surface area contributed by atoms with Gasteiger partial charge in [-0.1, -0.05) is 13.8 Å². The van der Waals surface area contributed by atoms with Crippen molar-refractivity contribution in [1.29, 1.82) is 0 Å². The van der Waals surface area contributed by atoms with Crippen LogP contribution in [0.3, 0.4) is 0 Å². The maximum atomic E-state index is 11.8. The van der Waals surface area contributed by atoms with Gasteiger partial charge in [-0.05, 0) is 27.7 Å². The van der Waals surface area contributed by atoms with Crippen molar-refractivity contribution >= 4 is 23.7 Å². The molecule has 0 saturated carbocycles. The van der Waals surface area contributed by atoms with E-state index in [0.29, 0.717) is 12.0 Å². The van der Waals surface area contributed by atoms with Gasteiger partial charge in [-0.3, -0.25) is 0 Å². The number of alkyl carbamates (subject to hydrolysis) is 1. The first-order valence-electron chi connectivity index (χ1n) is 6.51. The van der Waals surface area contributed by atoms with Gasteiger partial charge in [-0.2, -0.15) is 0 Å². The highest BCUT2D eigenvalue weighted by Crippen LogP contribution is 2.25. The number of rotatable bonds is 4. The second-order valence-electron chi connectivity index (χ2n) is 6.17. The summed E-state index contributed by atoms with van der Waals surface area (Å²) in [5.41, 5.74) is -1.25. The van der Waals surface area contributed by atoms with E-state index in [1.807, 2.05) is 13.8 Å². The normalized spacial score (nSPS) is 14.8. The van der Waals surface area contributed by atoms with Crippen molar-refractivity contribution in [3.63, 3.8) is 0 Å². The van der Waals surface area contributed by atoms with E-state index < -0.39 is 17.2 Å². The summed E-state index contributed by atoms with van der Waals surface area (Å²) in [4.78, 5) is 27.7. The third-order valence-corrected chi connectivity index (χ3v) is 3.69. The van der Waals surface area contributed by atoms with Gasteiger partial charge in [-0.15, -0.1) is 11.3 Å². The molecule has 0 aliphatic rings. The average Bonchev–Trinajstić information content (AvgIpc) is 2.75. The number of aromatic nitrogens is 1. The van der Waals surface area contributed by atoms with Crippen LogP contribution in [-0.2, 0) is 15.1 Å². The maximum Gasteiger partial charge on any atom is 0.408 e. The predicted molar refractivity (Wildman–Crippen MR) is 79.0 cm³/mol. The summed E-state index contributed by atoms with van der Waals surface area (Å²) in [6.45, 7) is 11.0. The quantitative estimate of drug-likeness (QED) is 0.867. The number of carbonyl (C=O) groups excluding carboxylic acids is 2. The Bertz CT molecular complexity index is 491. The Morgan fingerprint density at radius 2 is 2.00 bits per heavy atom. The summed E-state index contributed by atoms with van der Waals surface area (Å²) in [6, 6.07) is 0. The highest BCUT2D eigenvalue weighted by atomic mass is 32.1. The zero-order valence-electron chi connectivity index (χ0n) is 12.8. The monoisotopic (exact) mass is 298 g/mol. The molecule has 0 aliphatic heterocycles. The lowest BCUT2D eigenvalue weighted by Gasteiger charge is -2.26. The number of nitrogens with zero attached hydrogens (tertiary/aromatic N) is 1. The maximum absolute atomic E-state index is 11.8. The van der Waals surface area contributed by atoms with Crippen LogP contribution in [0.1, 0.15) is 58.2 Å². The van der Waals surface area contributed by atoms with Gasteiger partial charge in [0.15, 0.2) is 6.29 Å². The first-order chi connectivity index (χ1) is 9.07. The zero-order chi connectivity index (χ0) is 15.6. The summed E-state index contributed by atoms with van der Waals surface area (Å²) in [5.74, 6) is 0.283. The molecule has 1 heterocycles. The fraction of sp³-hybridized carbons (Fsp3) is 0.643. The van der Waals surface area contributed by atoms with Crippen molar-refractivity contribution in [2.75, 3.05) is 0 Å². The summed E-state index contributed by atoms with van der Waals surface area (Å²) < 4.78 is 5.18. The van der Waals surface area contributed by atoms with Crippen molar-refractivity contribution in [2.45, 2.75) is 58.6 Å². The van der Waals surface area contributed by atoms with E-state index in [1.165, 1.54) is 11.3 Å². The largest absolute Gasteiger partial charge is 0.444 e. The lowest BCUT2D eigenvalue weighted by atomic mass is 10.0. The number of amides is 1. The highest BCUT2D eigenvalue weighted by Gasteiger charge is 2.33. The van der Waals surface area contributed by atoms with Crippen LogP contribution in [0.2, 0.25) is 0 Å². The molecule has 0 saturated heterocycles. The summed E-state index contributed by atoms with van der Waals surface area (Å²) in [6.07, 6.45) is 0.0435. The Kier molecular flexibility index (Phi) is 4.91. The Balaban J connectivity index is 2.91. The molecule has 1 unspecified atom stereocenters. The van der Waals surface area contributed by atoms with Crippen LogP contribution in [-0.4, -0.2) is 23.0 Å². The number of hydrogen-bond acceptors (Lipinski definition) is 5. The molecule has 1 N–H and O–H groups in total. The van der Waals surface area contributed by atoms with Crippen molar-refractivity contribution in [2.24, 2.45) is 0 Å². The molecule has 1 amide bonds. The van der Waals surface area contributed by atoms with Gasteiger partial charge in [-0.25, -0.2) is 9.78 Å². The molecule has 0 spiro atoms. The lowest BCUT2D eigenvalue weighted by Crippen LogP contribution is -2.47. The summed E-state index contributed by atoms with van der Waals surface area (Å²) in [7, 11) is 0. The number of hydrogen-bond donors (Lipinski definition) is 1. The summed E-state index contributed by atoms with van der Waals surface area (Å²) >= 11 is 1.48. The summed E-state index contributed by atoms with van der Waals surface area (Å²) in [5, 5.41) is 5.31. The predicted octanol–water partition coefficient (Wildman–Crippen LogP) is 3.21. The topological polar surface area (TPSA) is 68.3 Å². The molecular weight excluding hydrogens is 276 g/mol. The molecular formula is C14H22N2O3S. The number of thiazole rings is 1. The second-order valence-corrected chi connectivity index (χ2v) is 7.06. The Morgan fingerprint density at radius 1 is 1.40 bits per heavy atom. The molecule has 0 aliphatic carbocycles.